The predicted octanol–water partition coefficient (Wildman–Crippen LogP) is 2.55. The van der Waals surface area contributed by atoms with Gasteiger partial charge in [-0.15, -0.1) is 0 Å². The first-order valence-electron chi connectivity index (χ1n) is 9.11. The molecule has 4 heterocycles. The molecule has 10 heteroatoms. The van der Waals surface area contributed by atoms with E-state index >= 15 is 0 Å². The number of aromatic amines is 2. The van der Waals surface area contributed by atoms with Crippen molar-refractivity contribution >= 4 is 55.8 Å². The number of fused-ring (bicyclic) bond motifs is 2. The normalized spacial score (nSPS) is 14.6. The highest BCUT2D eigenvalue weighted by Gasteiger charge is 2.24. The monoisotopic (exact) mass is 424 g/mol. The third-order valence-corrected chi connectivity index (χ3v) is 6.22. The molecular formula is C19H16N6O2S2. The van der Waals surface area contributed by atoms with Gasteiger partial charge in [0.15, 0.2) is 9.90 Å². The minimum Gasteiger partial charge on any atom is -0.344 e. The van der Waals surface area contributed by atoms with E-state index in [0.29, 0.717) is 42.6 Å². The molecule has 0 unspecified atom stereocenters. The summed E-state index contributed by atoms with van der Waals surface area (Å²) in [6, 6.07) is 8.86. The first-order chi connectivity index (χ1) is 14.1. The minimum absolute atomic E-state index is 0.0582. The number of carbonyl (C=O) groups is 1. The Hall–Kier alpha value is -3.11. The summed E-state index contributed by atoms with van der Waals surface area (Å²) >= 11 is 6.59. The number of piperazine rings is 1. The molecular weight excluding hydrogens is 408 g/mol. The van der Waals surface area contributed by atoms with Crippen LogP contribution < -0.4 is 10.5 Å². The van der Waals surface area contributed by atoms with Crippen molar-refractivity contribution in [2.24, 2.45) is 0 Å². The van der Waals surface area contributed by atoms with E-state index in [1.54, 1.807) is 35.7 Å². The van der Waals surface area contributed by atoms with E-state index in [0.717, 1.165) is 15.5 Å². The molecule has 1 saturated heterocycles. The average molecular weight is 425 g/mol. The molecule has 1 amide bonds. The van der Waals surface area contributed by atoms with E-state index in [1.165, 1.54) is 0 Å². The molecule has 0 radical (unpaired) electrons. The van der Waals surface area contributed by atoms with Gasteiger partial charge in [-0.3, -0.25) is 14.6 Å². The molecule has 5 rings (SSSR count). The zero-order chi connectivity index (χ0) is 20.0. The van der Waals surface area contributed by atoms with Crippen LogP contribution in [0.1, 0.15) is 10.4 Å². The van der Waals surface area contributed by atoms with Crippen LogP contribution in [0.3, 0.4) is 0 Å². The second kappa shape index (κ2) is 7.05. The van der Waals surface area contributed by atoms with Crippen LogP contribution in [0.2, 0.25) is 0 Å². The van der Waals surface area contributed by atoms with Crippen LogP contribution in [0, 0.1) is 4.77 Å². The maximum atomic E-state index is 13.0. The number of nitrogens with one attached hydrogen (secondary N) is 2. The molecule has 1 aliphatic heterocycles. The Morgan fingerprint density at radius 3 is 2.76 bits per heavy atom. The second-order valence-electron chi connectivity index (χ2n) is 6.77. The number of nitrogens with zero attached hydrogens (tertiary/aromatic N) is 4. The van der Waals surface area contributed by atoms with Crippen molar-refractivity contribution in [1.82, 2.24) is 24.8 Å². The number of thiazole rings is 1. The van der Waals surface area contributed by atoms with Gasteiger partial charge in [0.25, 0.3) is 11.5 Å². The van der Waals surface area contributed by atoms with Gasteiger partial charge >= 0.3 is 0 Å². The molecule has 0 saturated carbocycles. The fourth-order valence-corrected chi connectivity index (χ4v) is 4.64. The molecule has 1 fully saturated rings. The number of rotatable bonds is 2. The van der Waals surface area contributed by atoms with Gasteiger partial charge in [-0.05, 0) is 42.5 Å². The number of anilines is 1. The lowest BCUT2D eigenvalue weighted by Crippen LogP contribution is -2.48. The van der Waals surface area contributed by atoms with Gasteiger partial charge in [0.2, 0.25) is 0 Å². The zero-order valence-electron chi connectivity index (χ0n) is 15.2. The van der Waals surface area contributed by atoms with Crippen molar-refractivity contribution in [1.29, 1.82) is 0 Å². The highest BCUT2D eigenvalue weighted by atomic mass is 32.1. The van der Waals surface area contributed by atoms with Gasteiger partial charge in [0.1, 0.15) is 10.3 Å². The fourth-order valence-electron chi connectivity index (χ4n) is 3.48. The van der Waals surface area contributed by atoms with Gasteiger partial charge in [-0.2, -0.15) is 0 Å². The predicted molar refractivity (Wildman–Crippen MR) is 115 cm³/mol. The summed E-state index contributed by atoms with van der Waals surface area (Å²) in [5.41, 5.74) is 1.73. The standard InChI is InChI=1S/C19H16N6O2S2/c26-15-12-4-3-11(10-14(12)21-18(28)23-15)17(27)24-6-8-25(9-7-24)19-22-13-2-1-5-20-16(13)29-19/h1-5,10H,6-9H2,(H2,21,23,26,28). The molecule has 29 heavy (non-hydrogen) atoms. The fraction of sp³-hybridized carbons (Fsp3) is 0.211. The van der Waals surface area contributed by atoms with Gasteiger partial charge in [0, 0.05) is 37.9 Å². The number of amides is 1. The van der Waals surface area contributed by atoms with E-state index in [9.17, 15) is 9.59 Å². The van der Waals surface area contributed by atoms with Gasteiger partial charge in [0.05, 0.1) is 10.9 Å². The highest BCUT2D eigenvalue weighted by molar-refractivity contribution is 7.71. The Morgan fingerprint density at radius 1 is 1.14 bits per heavy atom. The lowest BCUT2D eigenvalue weighted by atomic mass is 10.1. The van der Waals surface area contributed by atoms with E-state index in [4.69, 9.17) is 12.2 Å². The number of carbonyl (C=O) groups excluding carboxylic acids is 1. The summed E-state index contributed by atoms with van der Waals surface area (Å²) in [6.07, 6.45) is 1.77. The summed E-state index contributed by atoms with van der Waals surface area (Å²) < 4.78 is 0.242. The van der Waals surface area contributed by atoms with Crippen molar-refractivity contribution in [3.63, 3.8) is 0 Å². The van der Waals surface area contributed by atoms with E-state index < -0.39 is 0 Å². The lowest BCUT2D eigenvalue weighted by molar-refractivity contribution is 0.0747. The summed E-state index contributed by atoms with van der Waals surface area (Å²) in [7, 11) is 0. The number of H-pyrrole nitrogens is 2. The molecule has 0 spiro atoms. The van der Waals surface area contributed by atoms with Gasteiger partial charge < -0.3 is 14.8 Å². The molecule has 3 aromatic heterocycles. The third-order valence-electron chi connectivity index (χ3n) is 4.98. The highest BCUT2D eigenvalue weighted by Crippen LogP contribution is 2.27. The number of aromatic nitrogens is 4. The molecule has 1 aromatic carbocycles. The van der Waals surface area contributed by atoms with E-state index in [-0.39, 0.29) is 16.2 Å². The Kier molecular flexibility index (Phi) is 4.36. The Balaban J connectivity index is 1.34. The molecule has 146 valence electrons. The molecule has 1 aliphatic rings. The van der Waals surface area contributed by atoms with Crippen LogP contribution in [0.5, 0.6) is 0 Å². The number of benzene rings is 1. The molecule has 2 N–H and O–H groups in total. The smallest absolute Gasteiger partial charge is 0.259 e. The largest absolute Gasteiger partial charge is 0.344 e. The number of pyridine rings is 1. The summed E-state index contributed by atoms with van der Waals surface area (Å²) in [5, 5.41) is 1.41. The van der Waals surface area contributed by atoms with E-state index in [1.807, 2.05) is 17.0 Å². The Labute approximate surface area is 173 Å². The van der Waals surface area contributed by atoms with Crippen LogP contribution >= 0.6 is 23.6 Å². The van der Waals surface area contributed by atoms with Crippen molar-refractivity contribution < 1.29 is 4.79 Å². The first-order valence-corrected chi connectivity index (χ1v) is 10.3. The molecule has 4 aromatic rings. The third kappa shape index (κ3) is 3.30. The average Bonchev–Trinajstić information content (AvgIpc) is 3.17. The van der Waals surface area contributed by atoms with Crippen molar-refractivity contribution in [3.8, 4) is 0 Å². The van der Waals surface area contributed by atoms with Crippen LogP contribution in [-0.4, -0.2) is 56.9 Å². The minimum atomic E-state index is -0.262. The first kappa shape index (κ1) is 18.0. The number of hydrogen-bond donors (Lipinski definition) is 2. The van der Waals surface area contributed by atoms with Crippen LogP contribution in [0.25, 0.3) is 21.3 Å². The van der Waals surface area contributed by atoms with Crippen LogP contribution in [0.4, 0.5) is 5.13 Å². The molecule has 0 atom stereocenters. The topological polar surface area (TPSA) is 98.0 Å². The molecule has 8 nitrogen and oxygen atoms in total. The van der Waals surface area contributed by atoms with Gasteiger partial charge in [-0.25, -0.2) is 9.97 Å². The summed E-state index contributed by atoms with van der Waals surface area (Å²) in [5.74, 6) is -0.0582. The SMILES string of the molecule is O=C(c1ccc2c(=O)[nH]c(=S)[nH]c2c1)N1CCN(c2nc3cccnc3s2)CC1. The quantitative estimate of drug-likeness (QED) is 0.480. The van der Waals surface area contributed by atoms with Crippen LogP contribution in [-0.2, 0) is 0 Å². The maximum Gasteiger partial charge on any atom is 0.259 e. The molecule has 0 bridgehead atoms. The second-order valence-corrected chi connectivity index (χ2v) is 8.14. The van der Waals surface area contributed by atoms with Gasteiger partial charge in [-0.1, -0.05) is 11.3 Å². The zero-order valence-corrected chi connectivity index (χ0v) is 16.8. The summed E-state index contributed by atoms with van der Waals surface area (Å²) in [6.45, 7) is 2.62. The molecule has 0 aliphatic carbocycles. The maximum absolute atomic E-state index is 13.0. The van der Waals surface area contributed by atoms with Crippen LogP contribution in [0.15, 0.2) is 41.3 Å². The Morgan fingerprint density at radius 2 is 1.97 bits per heavy atom. The van der Waals surface area contributed by atoms with Crippen molar-refractivity contribution in [3.05, 3.63) is 57.2 Å². The lowest BCUT2D eigenvalue weighted by Gasteiger charge is -2.34. The Bertz CT molecular complexity index is 1320. The van der Waals surface area contributed by atoms with Crippen molar-refractivity contribution in [2.45, 2.75) is 0 Å². The summed E-state index contributed by atoms with van der Waals surface area (Å²) in [4.78, 5) is 44.3. The van der Waals surface area contributed by atoms with E-state index in [2.05, 4.69) is 24.8 Å². The number of hydrogen-bond acceptors (Lipinski definition) is 7. The van der Waals surface area contributed by atoms with Crippen molar-refractivity contribution in [2.75, 3.05) is 31.1 Å².